The van der Waals surface area contributed by atoms with Crippen molar-refractivity contribution >= 4 is 75.2 Å². The van der Waals surface area contributed by atoms with Crippen LogP contribution in [0.3, 0.4) is 0 Å². The second-order valence-electron chi connectivity index (χ2n) is 8.98. The summed E-state index contributed by atoms with van der Waals surface area (Å²) in [5, 5.41) is 3.56. The normalized spacial score (nSPS) is 13.9. The maximum atomic E-state index is 13.9. The smallest absolute Gasteiger partial charge is 0.260 e. The van der Waals surface area contributed by atoms with Gasteiger partial charge < -0.3 is 9.80 Å². The third kappa shape index (κ3) is 5.73. The van der Waals surface area contributed by atoms with E-state index in [9.17, 15) is 9.59 Å². The minimum absolute atomic E-state index is 0.128. The van der Waals surface area contributed by atoms with Crippen molar-refractivity contribution in [2.75, 3.05) is 18.0 Å². The zero-order valence-corrected chi connectivity index (χ0v) is 23.9. The Morgan fingerprint density at radius 1 is 0.789 bits per heavy atom. The molecule has 1 aromatic heterocycles. The van der Waals surface area contributed by atoms with Gasteiger partial charge in [-0.1, -0.05) is 76.7 Å². The van der Waals surface area contributed by atoms with Gasteiger partial charge in [-0.05, 0) is 60.9 Å². The van der Waals surface area contributed by atoms with Crippen LogP contribution in [0.2, 0.25) is 20.1 Å². The van der Waals surface area contributed by atoms with E-state index in [1.165, 1.54) is 0 Å². The van der Waals surface area contributed by atoms with E-state index in [1.807, 2.05) is 46.7 Å². The number of nitrogens with zero attached hydrogens (tertiary/aromatic N) is 2. The molecule has 0 radical (unpaired) electrons. The van der Waals surface area contributed by atoms with Crippen LogP contribution in [-0.4, -0.2) is 35.8 Å². The minimum atomic E-state index is -0.199. The van der Waals surface area contributed by atoms with Crippen molar-refractivity contribution in [1.82, 2.24) is 4.90 Å². The summed E-state index contributed by atoms with van der Waals surface area (Å²) in [6, 6.07) is 21.7. The van der Waals surface area contributed by atoms with E-state index in [-0.39, 0.29) is 17.9 Å². The molecule has 3 aromatic carbocycles. The second kappa shape index (κ2) is 11.7. The number of hydrogen-bond acceptors (Lipinski definition) is 3. The molecule has 0 spiro atoms. The Morgan fingerprint density at radius 2 is 1.39 bits per heavy atom. The number of carbonyl (C=O) groups excluding carboxylic acids is 2. The number of thiophene rings is 1. The molecule has 5 rings (SSSR count). The van der Waals surface area contributed by atoms with Gasteiger partial charge in [-0.15, -0.1) is 11.3 Å². The first kappa shape index (κ1) is 27.0. The summed E-state index contributed by atoms with van der Waals surface area (Å²) in [4.78, 5) is 31.7. The van der Waals surface area contributed by atoms with Gasteiger partial charge in [0.15, 0.2) is 0 Å². The molecule has 0 unspecified atom stereocenters. The van der Waals surface area contributed by atoms with Crippen molar-refractivity contribution in [1.29, 1.82) is 0 Å². The third-order valence-corrected chi connectivity index (χ3v) is 8.64. The van der Waals surface area contributed by atoms with Gasteiger partial charge in [-0.2, -0.15) is 0 Å². The molecule has 1 aliphatic heterocycles. The van der Waals surface area contributed by atoms with Gasteiger partial charge in [0.05, 0.1) is 26.9 Å². The van der Waals surface area contributed by atoms with Crippen molar-refractivity contribution in [3.8, 4) is 10.4 Å². The van der Waals surface area contributed by atoms with Crippen LogP contribution >= 0.6 is 57.7 Å². The second-order valence-corrected chi connectivity index (χ2v) is 11.6. The quantitative estimate of drug-likeness (QED) is 0.228. The Hall–Kier alpha value is -2.54. The van der Waals surface area contributed by atoms with Crippen LogP contribution in [0, 0.1) is 0 Å². The Morgan fingerprint density at radius 3 is 2.00 bits per heavy atom. The lowest BCUT2D eigenvalue weighted by molar-refractivity contribution is 0.0709. The molecule has 38 heavy (non-hydrogen) atoms. The van der Waals surface area contributed by atoms with Crippen LogP contribution in [0.5, 0.6) is 0 Å². The predicted molar refractivity (Wildman–Crippen MR) is 158 cm³/mol. The number of carbonyl (C=O) groups is 2. The number of likely N-dealkylation sites (tertiary alicyclic amines) is 1. The van der Waals surface area contributed by atoms with Crippen LogP contribution in [0.1, 0.15) is 33.6 Å². The van der Waals surface area contributed by atoms with Gasteiger partial charge in [-0.25, -0.2) is 0 Å². The molecule has 0 atom stereocenters. The molecule has 9 heteroatoms. The first-order chi connectivity index (χ1) is 18.3. The standard InChI is InChI=1S/C29H22Cl4N2O2S/c30-19-6-8-23(25(32)14-19)28(36)34-12-10-21(11-13-34)35(29(37)24-9-7-20(31)15-26(24)33)22-16-27(38-17-22)18-4-2-1-3-5-18/h1-9,14-17,21H,10-13H2. The first-order valence-electron chi connectivity index (χ1n) is 12.0. The highest BCUT2D eigenvalue weighted by molar-refractivity contribution is 7.14. The molecule has 4 nitrogen and oxygen atoms in total. The van der Waals surface area contributed by atoms with Crippen LogP contribution in [0.4, 0.5) is 5.69 Å². The summed E-state index contributed by atoms with van der Waals surface area (Å²) < 4.78 is 0. The highest BCUT2D eigenvalue weighted by Crippen LogP contribution is 2.36. The molecule has 0 bridgehead atoms. The number of halogens is 4. The van der Waals surface area contributed by atoms with E-state index in [0.717, 1.165) is 16.1 Å². The maximum Gasteiger partial charge on any atom is 0.260 e. The lowest BCUT2D eigenvalue weighted by atomic mass is 10.00. The lowest BCUT2D eigenvalue weighted by Gasteiger charge is -2.38. The van der Waals surface area contributed by atoms with Crippen LogP contribution in [0.15, 0.2) is 78.2 Å². The molecule has 1 fully saturated rings. The van der Waals surface area contributed by atoms with E-state index in [1.54, 1.807) is 52.6 Å². The van der Waals surface area contributed by atoms with Crippen molar-refractivity contribution in [2.24, 2.45) is 0 Å². The Bertz CT molecular complexity index is 1480. The average molecular weight is 604 g/mol. The van der Waals surface area contributed by atoms with Crippen LogP contribution in [0.25, 0.3) is 10.4 Å². The van der Waals surface area contributed by atoms with E-state index >= 15 is 0 Å². The summed E-state index contributed by atoms with van der Waals surface area (Å²) in [6.45, 7) is 0.965. The van der Waals surface area contributed by atoms with E-state index < -0.39 is 0 Å². The summed E-state index contributed by atoms with van der Waals surface area (Å²) in [6.07, 6.45) is 1.20. The van der Waals surface area contributed by atoms with Gasteiger partial charge in [0.2, 0.25) is 0 Å². The molecule has 2 heterocycles. The molecule has 1 aliphatic rings. The van der Waals surface area contributed by atoms with Crippen molar-refractivity contribution < 1.29 is 9.59 Å². The van der Waals surface area contributed by atoms with Crippen molar-refractivity contribution in [3.05, 3.63) is 109 Å². The summed E-state index contributed by atoms with van der Waals surface area (Å²) in [5.41, 5.74) is 2.69. The molecule has 4 aromatic rings. The van der Waals surface area contributed by atoms with Gasteiger partial charge in [0, 0.05) is 39.4 Å². The Kier molecular flexibility index (Phi) is 8.32. The van der Waals surface area contributed by atoms with Gasteiger partial charge in [0.1, 0.15) is 0 Å². The topological polar surface area (TPSA) is 40.6 Å². The minimum Gasteiger partial charge on any atom is -0.338 e. The fourth-order valence-corrected chi connectivity index (χ4v) is 6.52. The number of anilines is 1. The Labute approximate surface area is 245 Å². The van der Waals surface area contributed by atoms with Crippen molar-refractivity contribution in [2.45, 2.75) is 18.9 Å². The summed E-state index contributed by atoms with van der Waals surface area (Å²) in [7, 11) is 0. The molecule has 0 N–H and O–H groups in total. The van der Waals surface area contributed by atoms with E-state index in [2.05, 4.69) is 0 Å². The number of hydrogen-bond donors (Lipinski definition) is 0. The number of rotatable bonds is 5. The van der Waals surface area contributed by atoms with Gasteiger partial charge in [-0.3, -0.25) is 9.59 Å². The number of piperidine rings is 1. The van der Waals surface area contributed by atoms with E-state index in [0.29, 0.717) is 57.1 Å². The molecule has 194 valence electrons. The zero-order chi connectivity index (χ0) is 26.8. The molecule has 1 saturated heterocycles. The summed E-state index contributed by atoms with van der Waals surface area (Å²) in [5.74, 6) is -0.347. The van der Waals surface area contributed by atoms with Gasteiger partial charge >= 0.3 is 0 Å². The highest BCUT2D eigenvalue weighted by Gasteiger charge is 2.33. The van der Waals surface area contributed by atoms with Crippen LogP contribution < -0.4 is 4.90 Å². The average Bonchev–Trinajstić information content (AvgIpc) is 3.39. The largest absolute Gasteiger partial charge is 0.338 e. The predicted octanol–water partition coefficient (Wildman–Crippen LogP) is 8.98. The highest BCUT2D eigenvalue weighted by atomic mass is 35.5. The number of benzene rings is 3. The monoisotopic (exact) mass is 602 g/mol. The van der Waals surface area contributed by atoms with Crippen LogP contribution in [-0.2, 0) is 0 Å². The Balaban J connectivity index is 1.42. The molecular formula is C29H22Cl4N2O2S. The van der Waals surface area contributed by atoms with Crippen molar-refractivity contribution in [3.63, 3.8) is 0 Å². The van der Waals surface area contributed by atoms with Gasteiger partial charge in [0.25, 0.3) is 11.8 Å². The fraction of sp³-hybridized carbons (Fsp3) is 0.172. The fourth-order valence-electron chi connectivity index (χ4n) is 4.65. The third-order valence-electron chi connectivity index (χ3n) is 6.58. The summed E-state index contributed by atoms with van der Waals surface area (Å²) >= 11 is 26.4. The molecular weight excluding hydrogens is 582 g/mol. The first-order valence-corrected chi connectivity index (χ1v) is 14.4. The molecule has 0 aliphatic carbocycles. The number of amides is 2. The lowest BCUT2D eigenvalue weighted by Crippen LogP contribution is -2.49. The molecule has 2 amide bonds. The maximum absolute atomic E-state index is 13.9. The van der Waals surface area contributed by atoms with E-state index in [4.69, 9.17) is 46.4 Å². The molecule has 0 saturated carbocycles. The zero-order valence-electron chi connectivity index (χ0n) is 20.0. The SMILES string of the molecule is O=C(c1ccc(Cl)cc1Cl)N1CCC(N(C(=O)c2ccc(Cl)cc2Cl)c2csc(-c3ccccc3)c2)CC1.